The molecule has 6 nitrogen and oxygen atoms in total. The molecule has 0 saturated heterocycles. The Bertz CT molecular complexity index is 661. The van der Waals surface area contributed by atoms with E-state index in [4.69, 9.17) is 11.6 Å². The van der Waals surface area contributed by atoms with Gasteiger partial charge in [-0.1, -0.05) is 11.6 Å². The van der Waals surface area contributed by atoms with Crippen molar-refractivity contribution in [2.24, 2.45) is 0 Å². The first-order chi connectivity index (χ1) is 9.97. The highest BCUT2D eigenvalue weighted by Gasteiger charge is 2.22. The Hall–Kier alpha value is -1.61. The number of rotatable bonds is 5. The lowest BCUT2D eigenvalue weighted by Crippen LogP contribution is -2.42. The predicted octanol–water partition coefficient (Wildman–Crippen LogP) is 2.09. The number of imidazole rings is 1. The van der Waals surface area contributed by atoms with Crippen molar-refractivity contribution in [2.75, 3.05) is 0 Å². The molecular formula is C13H11ClIN3O3. The minimum absolute atomic E-state index is 0.123. The van der Waals surface area contributed by atoms with Crippen molar-refractivity contribution in [1.29, 1.82) is 0 Å². The second kappa shape index (κ2) is 6.90. The Morgan fingerprint density at radius 3 is 2.86 bits per heavy atom. The Balaban J connectivity index is 2.14. The molecule has 1 aromatic heterocycles. The van der Waals surface area contributed by atoms with E-state index in [-0.39, 0.29) is 6.42 Å². The van der Waals surface area contributed by atoms with Crippen LogP contribution in [0, 0.1) is 3.57 Å². The molecule has 1 heterocycles. The zero-order chi connectivity index (χ0) is 15.4. The molecule has 8 heteroatoms. The number of carbonyl (C=O) groups is 2. The number of nitrogens with zero attached hydrogens (tertiary/aromatic N) is 1. The van der Waals surface area contributed by atoms with Gasteiger partial charge in [-0.3, -0.25) is 4.79 Å². The molecule has 2 rings (SSSR count). The van der Waals surface area contributed by atoms with Gasteiger partial charge in [-0.25, -0.2) is 9.78 Å². The van der Waals surface area contributed by atoms with Crippen LogP contribution < -0.4 is 5.32 Å². The van der Waals surface area contributed by atoms with Crippen molar-refractivity contribution in [3.05, 3.63) is 50.6 Å². The van der Waals surface area contributed by atoms with Gasteiger partial charge in [-0.05, 0) is 40.8 Å². The van der Waals surface area contributed by atoms with Gasteiger partial charge >= 0.3 is 5.97 Å². The van der Waals surface area contributed by atoms with Gasteiger partial charge in [0, 0.05) is 26.9 Å². The molecular weight excluding hydrogens is 409 g/mol. The summed E-state index contributed by atoms with van der Waals surface area (Å²) in [7, 11) is 0. The fraction of sp³-hybridized carbons (Fsp3) is 0.154. The van der Waals surface area contributed by atoms with E-state index in [0.717, 1.165) is 0 Å². The third kappa shape index (κ3) is 4.18. The molecule has 0 bridgehead atoms. The van der Waals surface area contributed by atoms with E-state index in [1.807, 2.05) is 22.6 Å². The van der Waals surface area contributed by atoms with Crippen LogP contribution in [0.15, 0.2) is 30.7 Å². The van der Waals surface area contributed by atoms with Crippen molar-refractivity contribution in [1.82, 2.24) is 15.3 Å². The summed E-state index contributed by atoms with van der Waals surface area (Å²) in [5.74, 6) is -1.59. The number of hydrogen-bond acceptors (Lipinski definition) is 3. The van der Waals surface area contributed by atoms with Crippen LogP contribution in [0.2, 0.25) is 5.02 Å². The van der Waals surface area contributed by atoms with Gasteiger partial charge in [0.25, 0.3) is 5.91 Å². The Labute approximate surface area is 139 Å². The zero-order valence-corrected chi connectivity index (χ0v) is 13.6. The summed E-state index contributed by atoms with van der Waals surface area (Å²) in [6, 6.07) is 3.82. The first-order valence-electron chi connectivity index (χ1n) is 5.93. The summed E-state index contributed by atoms with van der Waals surface area (Å²) >= 11 is 7.86. The number of carboxylic acid groups (broad SMARTS) is 1. The predicted molar refractivity (Wildman–Crippen MR) is 85.4 cm³/mol. The number of benzene rings is 1. The molecule has 0 aliphatic carbocycles. The molecule has 1 amide bonds. The quantitative estimate of drug-likeness (QED) is 0.647. The minimum Gasteiger partial charge on any atom is -0.480 e. The summed E-state index contributed by atoms with van der Waals surface area (Å²) in [5, 5.41) is 12.1. The van der Waals surface area contributed by atoms with E-state index < -0.39 is 17.9 Å². The smallest absolute Gasteiger partial charge is 0.326 e. The van der Waals surface area contributed by atoms with Crippen LogP contribution in [0.4, 0.5) is 0 Å². The van der Waals surface area contributed by atoms with E-state index in [9.17, 15) is 14.7 Å². The molecule has 21 heavy (non-hydrogen) atoms. The first-order valence-corrected chi connectivity index (χ1v) is 7.39. The topological polar surface area (TPSA) is 95.1 Å². The molecule has 3 N–H and O–H groups in total. The number of halogens is 2. The molecule has 1 aromatic carbocycles. The maximum Gasteiger partial charge on any atom is 0.326 e. The number of aliphatic carboxylic acids is 1. The van der Waals surface area contributed by atoms with Gasteiger partial charge in [-0.15, -0.1) is 0 Å². The van der Waals surface area contributed by atoms with E-state index in [1.54, 1.807) is 12.1 Å². The molecule has 0 aliphatic heterocycles. The van der Waals surface area contributed by atoms with Gasteiger partial charge in [-0.2, -0.15) is 0 Å². The molecule has 1 atom stereocenters. The highest BCUT2D eigenvalue weighted by Crippen LogP contribution is 2.18. The van der Waals surface area contributed by atoms with Crippen LogP contribution in [0.3, 0.4) is 0 Å². The van der Waals surface area contributed by atoms with Crippen LogP contribution in [0.25, 0.3) is 0 Å². The van der Waals surface area contributed by atoms with Gasteiger partial charge in [0.15, 0.2) is 0 Å². The highest BCUT2D eigenvalue weighted by molar-refractivity contribution is 14.1. The van der Waals surface area contributed by atoms with E-state index >= 15 is 0 Å². The molecule has 0 fully saturated rings. The largest absolute Gasteiger partial charge is 0.480 e. The normalized spacial score (nSPS) is 11.9. The summed E-state index contributed by atoms with van der Waals surface area (Å²) < 4.78 is 0.695. The van der Waals surface area contributed by atoms with E-state index in [1.165, 1.54) is 18.6 Å². The Morgan fingerprint density at radius 1 is 1.48 bits per heavy atom. The second-order valence-corrected chi connectivity index (χ2v) is 5.87. The van der Waals surface area contributed by atoms with Gasteiger partial charge in [0.1, 0.15) is 6.04 Å². The zero-order valence-electron chi connectivity index (χ0n) is 10.6. The van der Waals surface area contributed by atoms with Crippen LogP contribution in [-0.2, 0) is 11.2 Å². The lowest BCUT2D eigenvalue weighted by molar-refractivity contribution is -0.139. The number of nitrogens with one attached hydrogen (secondary N) is 2. The number of hydrogen-bond donors (Lipinski definition) is 3. The average Bonchev–Trinajstić information content (AvgIpc) is 2.93. The number of aromatic amines is 1. The average molecular weight is 420 g/mol. The van der Waals surface area contributed by atoms with Crippen molar-refractivity contribution >= 4 is 46.1 Å². The number of amides is 1. The van der Waals surface area contributed by atoms with Crippen molar-refractivity contribution < 1.29 is 14.7 Å². The van der Waals surface area contributed by atoms with Crippen molar-refractivity contribution in [2.45, 2.75) is 12.5 Å². The second-order valence-electron chi connectivity index (χ2n) is 4.27. The Kier molecular flexibility index (Phi) is 5.18. The number of H-pyrrole nitrogens is 1. The molecule has 110 valence electrons. The number of aromatic nitrogens is 2. The van der Waals surface area contributed by atoms with Crippen LogP contribution in [-0.4, -0.2) is 33.0 Å². The maximum absolute atomic E-state index is 12.2. The first kappa shape index (κ1) is 15.8. The van der Waals surface area contributed by atoms with Crippen molar-refractivity contribution in [3.8, 4) is 0 Å². The standard InChI is InChI=1S/C13H11ClIN3O3/c14-7-1-2-10(15)9(3-7)12(19)18-11(13(20)21)4-8-5-16-6-17-8/h1-3,5-6,11H,4H2,(H,16,17)(H,18,19)(H,20,21)/t11-/m1/s1. The van der Waals surface area contributed by atoms with E-state index in [2.05, 4.69) is 15.3 Å². The molecule has 0 unspecified atom stereocenters. The summed E-state index contributed by atoms with van der Waals surface area (Å²) in [4.78, 5) is 30.1. The SMILES string of the molecule is O=C(N[C@H](Cc1cnc[nH]1)C(=O)O)c1cc(Cl)ccc1I. The fourth-order valence-electron chi connectivity index (χ4n) is 1.72. The summed E-state index contributed by atoms with van der Waals surface area (Å²) in [6.07, 6.45) is 3.10. The van der Waals surface area contributed by atoms with Crippen LogP contribution in [0.1, 0.15) is 16.1 Å². The van der Waals surface area contributed by atoms with E-state index in [0.29, 0.717) is 19.9 Å². The van der Waals surface area contributed by atoms with Gasteiger partial charge in [0.2, 0.25) is 0 Å². The lowest BCUT2D eigenvalue weighted by Gasteiger charge is -2.14. The molecule has 0 aliphatic rings. The van der Waals surface area contributed by atoms with Crippen LogP contribution >= 0.6 is 34.2 Å². The van der Waals surface area contributed by atoms with Crippen molar-refractivity contribution in [3.63, 3.8) is 0 Å². The fourth-order valence-corrected chi connectivity index (χ4v) is 2.48. The summed E-state index contributed by atoms with van der Waals surface area (Å²) in [6.45, 7) is 0. The Morgan fingerprint density at radius 2 is 2.24 bits per heavy atom. The van der Waals surface area contributed by atoms with Gasteiger partial charge in [0.05, 0.1) is 11.9 Å². The van der Waals surface area contributed by atoms with Gasteiger partial charge < -0.3 is 15.4 Å². The summed E-state index contributed by atoms with van der Waals surface area (Å²) in [5.41, 5.74) is 0.974. The molecule has 0 radical (unpaired) electrons. The number of carboxylic acids is 1. The molecule has 2 aromatic rings. The monoisotopic (exact) mass is 419 g/mol. The third-order valence-corrected chi connectivity index (χ3v) is 3.93. The molecule has 0 saturated carbocycles. The lowest BCUT2D eigenvalue weighted by atomic mass is 10.1. The third-order valence-electron chi connectivity index (χ3n) is 2.76. The minimum atomic E-state index is -1.12. The number of carbonyl (C=O) groups excluding carboxylic acids is 1. The maximum atomic E-state index is 12.2. The molecule has 0 spiro atoms. The van der Waals surface area contributed by atoms with Crippen LogP contribution in [0.5, 0.6) is 0 Å². The highest BCUT2D eigenvalue weighted by atomic mass is 127.